The van der Waals surface area contributed by atoms with Crippen molar-refractivity contribution < 1.29 is 9.53 Å². The highest BCUT2D eigenvalue weighted by molar-refractivity contribution is 6.12. The molecule has 1 aromatic heterocycles. The Bertz CT molecular complexity index is 632. The summed E-state index contributed by atoms with van der Waals surface area (Å²) < 4.78 is 6.99. The zero-order chi connectivity index (χ0) is 13.9. The summed E-state index contributed by atoms with van der Waals surface area (Å²) in [5.41, 5.74) is 1.57. The van der Waals surface area contributed by atoms with Crippen LogP contribution in [0.5, 0.6) is 5.75 Å². The topological polar surface area (TPSA) is 59.7 Å². The van der Waals surface area contributed by atoms with Gasteiger partial charge in [-0.1, -0.05) is 0 Å². The van der Waals surface area contributed by atoms with Crippen LogP contribution in [0.15, 0.2) is 48.1 Å². The number of aromatic nitrogens is 2. The summed E-state index contributed by atoms with van der Waals surface area (Å²) in [4.78, 5) is 16.0. The molecule has 0 saturated heterocycles. The van der Waals surface area contributed by atoms with Gasteiger partial charge in [0.15, 0.2) is 0 Å². The Labute approximate surface area is 116 Å². The lowest BCUT2D eigenvalue weighted by Crippen LogP contribution is -2.19. The molecule has 0 radical (unpaired) electrons. The Balaban J connectivity index is 1.78. The van der Waals surface area contributed by atoms with Gasteiger partial charge in [0.25, 0.3) is 5.91 Å². The molecule has 102 valence electrons. The molecule has 6 heteroatoms. The van der Waals surface area contributed by atoms with Gasteiger partial charge in [-0.2, -0.15) is 5.10 Å². The molecule has 3 rings (SSSR count). The van der Waals surface area contributed by atoms with Gasteiger partial charge >= 0.3 is 0 Å². The van der Waals surface area contributed by atoms with Crippen LogP contribution in [0.25, 0.3) is 0 Å². The summed E-state index contributed by atoms with van der Waals surface area (Å²) in [5, 5.41) is 5.82. The van der Waals surface area contributed by atoms with Crippen molar-refractivity contribution in [3.8, 4) is 5.75 Å². The monoisotopic (exact) mass is 270 g/mol. The molecule has 20 heavy (non-hydrogen) atoms. The first-order valence-electron chi connectivity index (χ1n) is 6.25. The molecule has 0 spiro atoms. The van der Waals surface area contributed by atoms with Crippen molar-refractivity contribution in [2.24, 2.45) is 5.10 Å². The van der Waals surface area contributed by atoms with Gasteiger partial charge in [0, 0.05) is 12.4 Å². The molecular formula is C14H14N4O2. The molecule has 0 atom stereocenters. The lowest BCUT2D eigenvalue weighted by atomic mass is 10.2. The zero-order valence-corrected chi connectivity index (χ0v) is 11.1. The Morgan fingerprint density at radius 3 is 2.75 bits per heavy atom. The van der Waals surface area contributed by atoms with E-state index in [0.717, 1.165) is 17.1 Å². The SMILES string of the molecule is COc1ccc(N2N=C(Cn3ccnc3)CC2=O)cc1. The lowest BCUT2D eigenvalue weighted by Gasteiger charge is -2.11. The van der Waals surface area contributed by atoms with Crippen LogP contribution >= 0.6 is 0 Å². The van der Waals surface area contributed by atoms with Crippen LogP contribution < -0.4 is 9.75 Å². The van der Waals surface area contributed by atoms with E-state index in [1.807, 2.05) is 35.0 Å². The fraction of sp³-hybridized carbons (Fsp3) is 0.214. The number of hydrazone groups is 1. The molecule has 0 bridgehead atoms. The minimum atomic E-state index is -0.0229. The first kappa shape index (κ1) is 12.4. The number of hydrogen-bond donors (Lipinski definition) is 0. The van der Waals surface area contributed by atoms with E-state index in [4.69, 9.17) is 4.74 Å². The predicted molar refractivity (Wildman–Crippen MR) is 74.8 cm³/mol. The highest BCUT2D eigenvalue weighted by Gasteiger charge is 2.25. The number of imidazole rings is 1. The maximum atomic E-state index is 12.0. The summed E-state index contributed by atoms with van der Waals surface area (Å²) in [6.45, 7) is 0.582. The number of nitrogens with zero attached hydrogens (tertiary/aromatic N) is 4. The maximum absolute atomic E-state index is 12.0. The number of ether oxygens (including phenoxy) is 1. The minimum absolute atomic E-state index is 0.0229. The van der Waals surface area contributed by atoms with Gasteiger partial charge in [-0.25, -0.2) is 9.99 Å². The van der Waals surface area contributed by atoms with Crippen LogP contribution in [0, 0.1) is 0 Å². The summed E-state index contributed by atoms with van der Waals surface area (Å²) >= 11 is 0. The highest BCUT2D eigenvalue weighted by atomic mass is 16.5. The van der Waals surface area contributed by atoms with Crippen molar-refractivity contribution >= 4 is 17.3 Å². The molecule has 0 unspecified atom stereocenters. The molecule has 2 aromatic rings. The molecule has 2 heterocycles. The first-order chi connectivity index (χ1) is 9.76. The van der Waals surface area contributed by atoms with Crippen LogP contribution in [0.2, 0.25) is 0 Å². The normalized spacial score (nSPS) is 14.6. The van der Waals surface area contributed by atoms with E-state index in [0.29, 0.717) is 13.0 Å². The second-order valence-electron chi connectivity index (χ2n) is 4.48. The van der Waals surface area contributed by atoms with E-state index in [9.17, 15) is 4.79 Å². The summed E-state index contributed by atoms with van der Waals surface area (Å²) in [5.74, 6) is 0.730. The largest absolute Gasteiger partial charge is 0.497 e. The summed E-state index contributed by atoms with van der Waals surface area (Å²) in [6, 6.07) is 7.26. The number of rotatable bonds is 4. The molecule has 0 fully saturated rings. The van der Waals surface area contributed by atoms with Crippen LogP contribution in [0.3, 0.4) is 0 Å². The van der Waals surface area contributed by atoms with Crippen LogP contribution in [-0.2, 0) is 11.3 Å². The van der Waals surface area contributed by atoms with Crippen molar-refractivity contribution in [2.45, 2.75) is 13.0 Å². The van der Waals surface area contributed by atoms with E-state index >= 15 is 0 Å². The molecular weight excluding hydrogens is 256 g/mol. The molecule has 1 aromatic carbocycles. The minimum Gasteiger partial charge on any atom is -0.497 e. The average Bonchev–Trinajstić information content (AvgIpc) is 3.09. The lowest BCUT2D eigenvalue weighted by molar-refractivity contribution is -0.116. The molecule has 1 aliphatic heterocycles. The number of anilines is 1. The van der Waals surface area contributed by atoms with Gasteiger partial charge < -0.3 is 9.30 Å². The van der Waals surface area contributed by atoms with Gasteiger partial charge in [-0.3, -0.25) is 4.79 Å². The Morgan fingerprint density at radius 1 is 1.30 bits per heavy atom. The molecule has 1 amide bonds. The van der Waals surface area contributed by atoms with Crippen LogP contribution in [-0.4, -0.2) is 28.3 Å². The first-order valence-corrected chi connectivity index (χ1v) is 6.25. The van der Waals surface area contributed by atoms with E-state index in [1.165, 1.54) is 5.01 Å². The summed E-state index contributed by atoms with van der Waals surface area (Å²) in [7, 11) is 1.61. The van der Waals surface area contributed by atoms with E-state index in [1.54, 1.807) is 19.6 Å². The smallest absolute Gasteiger partial charge is 0.253 e. The van der Waals surface area contributed by atoms with Crippen molar-refractivity contribution in [3.05, 3.63) is 43.0 Å². The molecule has 0 N–H and O–H groups in total. The van der Waals surface area contributed by atoms with Gasteiger partial charge in [-0.05, 0) is 24.3 Å². The van der Waals surface area contributed by atoms with Crippen molar-refractivity contribution in [2.75, 3.05) is 12.1 Å². The standard InChI is InChI=1S/C14H14N4O2/c1-20-13-4-2-12(3-5-13)18-14(19)8-11(16-18)9-17-7-6-15-10-17/h2-7,10H,8-9H2,1H3. The number of amides is 1. The third kappa shape index (κ3) is 2.40. The Kier molecular flexibility index (Phi) is 3.20. The number of carbonyl (C=O) groups is 1. The zero-order valence-electron chi connectivity index (χ0n) is 11.1. The highest BCUT2D eigenvalue weighted by Crippen LogP contribution is 2.23. The second kappa shape index (κ2) is 5.16. The number of carbonyl (C=O) groups excluding carboxylic acids is 1. The second-order valence-corrected chi connectivity index (χ2v) is 4.48. The number of benzene rings is 1. The van der Waals surface area contributed by atoms with E-state index in [2.05, 4.69) is 10.1 Å². The fourth-order valence-corrected chi connectivity index (χ4v) is 2.09. The van der Waals surface area contributed by atoms with Gasteiger partial charge in [-0.15, -0.1) is 0 Å². The molecule has 6 nitrogen and oxygen atoms in total. The van der Waals surface area contributed by atoms with Crippen LogP contribution in [0.1, 0.15) is 6.42 Å². The van der Waals surface area contributed by atoms with E-state index < -0.39 is 0 Å². The van der Waals surface area contributed by atoms with Crippen LogP contribution in [0.4, 0.5) is 5.69 Å². The molecule has 0 saturated carbocycles. The van der Waals surface area contributed by atoms with Crippen molar-refractivity contribution in [1.29, 1.82) is 0 Å². The molecule has 1 aliphatic rings. The van der Waals surface area contributed by atoms with Gasteiger partial charge in [0.2, 0.25) is 0 Å². The predicted octanol–water partition coefficient (Wildman–Crippen LogP) is 1.68. The number of methoxy groups -OCH3 is 1. The van der Waals surface area contributed by atoms with Crippen molar-refractivity contribution in [3.63, 3.8) is 0 Å². The average molecular weight is 270 g/mol. The molecule has 0 aliphatic carbocycles. The van der Waals surface area contributed by atoms with Gasteiger partial charge in [0.1, 0.15) is 5.75 Å². The quantitative estimate of drug-likeness (QED) is 0.849. The third-order valence-corrected chi connectivity index (χ3v) is 3.07. The summed E-state index contributed by atoms with van der Waals surface area (Å²) in [6.07, 6.45) is 5.61. The van der Waals surface area contributed by atoms with Crippen molar-refractivity contribution in [1.82, 2.24) is 9.55 Å². The fourth-order valence-electron chi connectivity index (χ4n) is 2.09. The van der Waals surface area contributed by atoms with Gasteiger partial charge in [0.05, 0.1) is 37.8 Å². The third-order valence-electron chi connectivity index (χ3n) is 3.07. The Hall–Kier alpha value is -2.63. The Morgan fingerprint density at radius 2 is 2.10 bits per heavy atom. The van der Waals surface area contributed by atoms with E-state index in [-0.39, 0.29) is 5.91 Å². The number of hydrogen-bond acceptors (Lipinski definition) is 4. The maximum Gasteiger partial charge on any atom is 0.253 e.